The fourth-order valence-corrected chi connectivity index (χ4v) is 2.60. The molecule has 0 radical (unpaired) electrons. The number of ketones is 1. The summed E-state index contributed by atoms with van der Waals surface area (Å²) < 4.78 is 27.7. The lowest BCUT2D eigenvalue weighted by Crippen LogP contribution is -2.78. The van der Waals surface area contributed by atoms with Crippen LogP contribution in [0.2, 0.25) is 0 Å². The minimum absolute atomic E-state index is 0.211. The Kier molecular flexibility index (Phi) is 10.7. The third kappa shape index (κ3) is 7.52. The second-order valence-corrected chi connectivity index (χ2v) is 6.59. The first kappa shape index (κ1) is 22.7. The van der Waals surface area contributed by atoms with Gasteiger partial charge in [0.25, 0.3) is 0 Å². The molecule has 138 valence electrons. The number of carbonyl (C=O) groups excluding carboxylic acids is 1. The molecule has 4 heteroatoms. The van der Waals surface area contributed by atoms with Gasteiger partial charge in [-0.15, -0.1) is 0 Å². The highest BCUT2D eigenvalue weighted by Gasteiger charge is 2.28. The molecule has 2 N–H and O–H groups in total. The number of hydrogen-bond donors (Lipinski definition) is 1. The molecule has 1 aromatic carbocycles. The largest absolute Gasteiger partial charge is 0.313 e. The third-order valence-corrected chi connectivity index (χ3v) is 4.24. The van der Waals surface area contributed by atoms with E-state index in [1.54, 1.807) is 6.92 Å². The Bertz CT molecular complexity index is 513. The van der Waals surface area contributed by atoms with E-state index < -0.39 is 11.6 Å². The smallest absolute Gasteiger partial charge is 0.139 e. The van der Waals surface area contributed by atoms with E-state index in [2.05, 4.69) is 0 Å². The van der Waals surface area contributed by atoms with E-state index in [9.17, 15) is 13.6 Å². The number of halogens is 2. The van der Waals surface area contributed by atoms with Gasteiger partial charge in [-0.05, 0) is 38.0 Å². The van der Waals surface area contributed by atoms with Crippen LogP contribution in [0, 0.1) is 11.6 Å². The predicted octanol–water partition coefficient (Wildman–Crippen LogP) is 5.02. The van der Waals surface area contributed by atoms with Crippen LogP contribution in [-0.2, 0) is 10.2 Å². The Morgan fingerprint density at radius 3 is 2.29 bits per heavy atom. The average Bonchev–Trinajstić information content (AvgIpc) is 2.51. The van der Waals surface area contributed by atoms with E-state index in [1.807, 2.05) is 39.9 Å². The molecule has 2 nitrogen and oxygen atoms in total. The normalized spacial score (nSPS) is 11.0. The van der Waals surface area contributed by atoms with Crippen molar-refractivity contribution in [2.75, 3.05) is 6.54 Å². The summed E-state index contributed by atoms with van der Waals surface area (Å²) in [6.45, 7) is 12.3. The molecule has 0 atom stereocenters. The second kappa shape index (κ2) is 11.3. The summed E-state index contributed by atoms with van der Waals surface area (Å²) in [4.78, 5) is 10.9. The highest BCUT2D eigenvalue weighted by Crippen LogP contribution is 2.33. The number of nitrogens with two attached hydrogens (primary N) is 1. The van der Waals surface area contributed by atoms with Gasteiger partial charge in [0.15, 0.2) is 0 Å². The van der Waals surface area contributed by atoms with Crippen LogP contribution >= 0.6 is 0 Å². The number of Topliss-reactive ketones (excluding diaryl/α,β-unsaturated/α-hetero) is 1. The van der Waals surface area contributed by atoms with Gasteiger partial charge in [-0.25, -0.2) is 8.78 Å². The second-order valence-electron chi connectivity index (χ2n) is 6.59. The molecular formula is C20H34F2NO+. The quantitative estimate of drug-likeness (QED) is 0.496. The maximum atomic E-state index is 14.2. The Balaban J connectivity index is 0.00000254. The SMILES string of the molecule is CC.CCC(C)(C)c1c(F)cc(F)cc1[NH2+]CCCCCC(C)=O. The molecule has 0 aromatic heterocycles. The minimum atomic E-state index is -0.531. The predicted molar refractivity (Wildman–Crippen MR) is 96.6 cm³/mol. The number of hydrogen-bond acceptors (Lipinski definition) is 1. The molecule has 0 fully saturated rings. The zero-order valence-corrected chi connectivity index (χ0v) is 16.1. The molecule has 0 bridgehead atoms. The maximum absolute atomic E-state index is 14.2. The Morgan fingerprint density at radius 2 is 1.75 bits per heavy atom. The van der Waals surface area contributed by atoms with Crippen molar-refractivity contribution in [2.24, 2.45) is 0 Å². The van der Waals surface area contributed by atoms with E-state index >= 15 is 0 Å². The molecule has 0 amide bonds. The Hall–Kier alpha value is -1.29. The van der Waals surface area contributed by atoms with Crippen molar-refractivity contribution >= 4 is 11.5 Å². The zero-order valence-electron chi connectivity index (χ0n) is 16.1. The molecule has 0 aliphatic carbocycles. The van der Waals surface area contributed by atoms with E-state index in [0.29, 0.717) is 17.7 Å². The van der Waals surface area contributed by atoms with Gasteiger partial charge in [0.1, 0.15) is 23.1 Å². The van der Waals surface area contributed by atoms with Crippen molar-refractivity contribution in [3.05, 3.63) is 29.3 Å². The van der Waals surface area contributed by atoms with E-state index in [-0.39, 0.29) is 11.2 Å². The fourth-order valence-electron chi connectivity index (χ4n) is 2.60. The molecule has 0 aliphatic heterocycles. The molecule has 0 saturated carbocycles. The Morgan fingerprint density at radius 1 is 1.12 bits per heavy atom. The van der Waals surface area contributed by atoms with Gasteiger partial charge in [0.05, 0.1) is 12.1 Å². The van der Waals surface area contributed by atoms with Crippen molar-refractivity contribution in [2.45, 2.75) is 79.1 Å². The van der Waals surface area contributed by atoms with Gasteiger partial charge in [0, 0.05) is 18.6 Å². The third-order valence-electron chi connectivity index (χ3n) is 4.24. The monoisotopic (exact) mass is 342 g/mol. The summed E-state index contributed by atoms with van der Waals surface area (Å²) in [7, 11) is 0. The van der Waals surface area contributed by atoms with Crippen LogP contribution < -0.4 is 5.32 Å². The lowest BCUT2D eigenvalue weighted by atomic mass is 9.80. The van der Waals surface area contributed by atoms with E-state index in [4.69, 9.17) is 0 Å². The number of quaternary nitrogens is 1. The van der Waals surface area contributed by atoms with Crippen molar-refractivity contribution in [3.8, 4) is 0 Å². The van der Waals surface area contributed by atoms with Gasteiger partial charge >= 0.3 is 0 Å². The van der Waals surface area contributed by atoms with Gasteiger partial charge in [-0.3, -0.25) is 0 Å². The van der Waals surface area contributed by atoms with Crippen LogP contribution in [0.4, 0.5) is 14.5 Å². The van der Waals surface area contributed by atoms with Crippen molar-refractivity contribution in [1.29, 1.82) is 0 Å². The maximum Gasteiger partial charge on any atom is 0.139 e. The standard InChI is InChI=1S/C18H27F2NO.C2H6/c1-5-18(3,4)17-15(20)11-14(19)12-16(17)21-10-8-6-7-9-13(2)22;1-2/h11-12,21H,5-10H2,1-4H3;1-2H3/p+1. The first-order chi connectivity index (χ1) is 11.3. The molecule has 1 aromatic rings. The van der Waals surface area contributed by atoms with Crippen LogP contribution in [0.15, 0.2) is 12.1 Å². The summed E-state index contributed by atoms with van der Waals surface area (Å²) in [6, 6.07) is 2.39. The Labute approximate surface area is 146 Å². The van der Waals surface area contributed by atoms with Crippen LogP contribution in [0.1, 0.15) is 79.2 Å². The highest BCUT2D eigenvalue weighted by atomic mass is 19.1. The number of rotatable bonds is 9. The van der Waals surface area contributed by atoms with Crippen molar-refractivity contribution in [3.63, 3.8) is 0 Å². The molecule has 0 saturated heterocycles. The highest BCUT2D eigenvalue weighted by molar-refractivity contribution is 5.75. The summed E-state index contributed by atoms with van der Waals surface area (Å²) in [5.41, 5.74) is 0.939. The summed E-state index contributed by atoms with van der Waals surface area (Å²) in [6.07, 6.45) is 4.17. The van der Waals surface area contributed by atoms with Gasteiger partial charge < -0.3 is 10.1 Å². The average molecular weight is 342 g/mol. The summed E-state index contributed by atoms with van der Waals surface area (Å²) in [5.74, 6) is -0.783. The van der Waals surface area contributed by atoms with Gasteiger partial charge in [0.2, 0.25) is 0 Å². The van der Waals surface area contributed by atoms with Crippen molar-refractivity contribution < 1.29 is 18.9 Å². The minimum Gasteiger partial charge on any atom is -0.313 e. The van der Waals surface area contributed by atoms with Crippen molar-refractivity contribution in [1.82, 2.24) is 0 Å². The van der Waals surface area contributed by atoms with Gasteiger partial charge in [-0.1, -0.05) is 34.6 Å². The van der Waals surface area contributed by atoms with Crippen LogP contribution in [0.25, 0.3) is 0 Å². The molecular weight excluding hydrogens is 308 g/mol. The number of benzene rings is 1. The lowest BCUT2D eigenvalue weighted by molar-refractivity contribution is -0.572. The van der Waals surface area contributed by atoms with Crippen LogP contribution in [0.5, 0.6) is 0 Å². The van der Waals surface area contributed by atoms with Gasteiger partial charge in [-0.2, -0.15) is 0 Å². The summed E-state index contributed by atoms with van der Waals surface area (Å²) >= 11 is 0. The molecule has 1 rings (SSSR count). The first-order valence-corrected chi connectivity index (χ1v) is 9.10. The number of carbonyl (C=O) groups is 1. The molecule has 0 unspecified atom stereocenters. The van der Waals surface area contributed by atoms with E-state index in [0.717, 1.165) is 38.3 Å². The zero-order chi connectivity index (χ0) is 18.8. The first-order valence-electron chi connectivity index (χ1n) is 9.10. The number of unbranched alkanes of at least 4 members (excludes halogenated alkanes) is 2. The van der Waals surface area contributed by atoms with E-state index in [1.165, 1.54) is 6.07 Å². The molecule has 0 spiro atoms. The van der Waals surface area contributed by atoms with Crippen LogP contribution in [0.3, 0.4) is 0 Å². The topological polar surface area (TPSA) is 33.7 Å². The summed E-state index contributed by atoms with van der Waals surface area (Å²) in [5, 5.41) is 1.92. The molecule has 0 heterocycles. The fraction of sp³-hybridized carbons (Fsp3) is 0.650. The van der Waals surface area contributed by atoms with Crippen LogP contribution in [-0.4, -0.2) is 12.3 Å². The molecule has 24 heavy (non-hydrogen) atoms. The lowest BCUT2D eigenvalue weighted by Gasteiger charge is -2.25. The molecule has 0 aliphatic rings.